The fraction of sp³-hybridized carbons (Fsp3) is 0.692. The first-order valence-electron chi connectivity index (χ1n) is 6.10. The van der Waals surface area contributed by atoms with Crippen molar-refractivity contribution in [3.63, 3.8) is 0 Å². The van der Waals surface area contributed by atoms with Gasteiger partial charge in [0.25, 0.3) is 0 Å². The van der Waals surface area contributed by atoms with Gasteiger partial charge in [-0.1, -0.05) is 29.8 Å². The number of hydrogen-bond acceptors (Lipinski definition) is 2. The van der Waals surface area contributed by atoms with Crippen LogP contribution in [0, 0.1) is 5.92 Å². The van der Waals surface area contributed by atoms with Crippen molar-refractivity contribution >= 4 is 27.3 Å². The monoisotopic (exact) mass is 302 g/mol. The van der Waals surface area contributed by atoms with Gasteiger partial charge in [-0.25, -0.2) is 0 Å². The second-order valence-corrected chi connectivity index (χ2v) is 6.52. The average Bonchev–Trinajstić information content (AvgIpc) is 2.96. The number of thiophene rings is 1. The lowest BCUT2D eigenvalue weighted by Crippen LogP contribution is -2.18. The van der Waals surface area contributed by atoms with Crippen LogP contribution in [0.3, 0.4) is 0 Å². The van der Waals surface area contributed by atoms with E-state index in [0.717, 1.165) is 19.4 Å². The zero-order valence-corrected chi connectivity index (χ0v) is 12.3. The van der Waals surface area contributed by atoms with Gasteiger partial charge in [0.1, 0.15) is 0 Å². The number of alkyl halides is 1. The number of rotatable bonds is 4. The zero-order valence-electron chi connectivity index (χ0n) is 9.91. The normalized spacial score (nSPS) is 27.2. The summed E-state index contributed by atoms with van der Waals surface area (Å²) in [6.45, 7) is 5.36. The molecule has 2 heterocycles. The lowest BCUT2D eigenvalue weighted by molar-refractivity contribution is 0.0874. The van der Waals surface area contributed by atoms with Gasteiger partial charge in [-0.05, 0) is 31.4 Å². The van der Waals surface area contributed by atoms with E-state index in [-0.39, 0.29) is 0 Å². The minimum absolute atomic E-state index is 0.441. The molecule has 2 rings (SSSR count). The van der Waals surface area contributed by atoms with E-state index in [4.69, 9.17) is 4.74 Å². The van der Waals surface area contributed by atoms with Crippen LogP contribution >= 0.6 is 27.3 Å². The summed E-state index contributed by atoms with van der Waals surface area (Å²) in [6.07, 6.45) is 3.89. The molecule has 16 heavy (non-hydrogen) atoms. The third-order valence-corrected chi connectivity index (χ3v) is 6.13. The molecule has 1 fully saturated rings. The lowest BCUT2D eigenvalue weighted by Gasteiger charge is -2.21. The van der Waals surface area contributed by atoms with Crippen LogP contribution in [0.5, 0.6) is 0 Å². The Morgan fingerprint density at radius 3 is 2.94 bits per heavy atom. The van der Waals surface area contributed by atoms with Gasteiger partial charge in [0.2, 0.25) is 0 Å². The SMILES string of the molecule is CCc1ccc(C(Br)C2CCOC2CC)s1. The summed E-state index contributed by atoms with van der Waals surface area (Å²) in [5, 5.41) is 0. The van der Waals surface area contributed by atoms with Crippen molar-refractivity contribution in [2.75, 3.05) is 6.61 Å². The molecule has 3 unspecified atom stereocenters. The molecule has 1 aromatic rings. The summed E-state index contributed by atoms with van der Waals surface area (Å²) in [7, 11) is 0. The topological polar surface area (TPSA) is 9.23 Å². The van der Waals surface area contributed by atoms with Crippen LogP contribution in [-0.2, 0) is 11.2 Å². The van der Waals surface area contributed by atoms with Crippen LogP contribution in [0.2, 0.25) is 0 Å². The standard InChI is InChI=1S/C13H19BrOS/c1-3-9-5-6-12(16-9)13(14)10-7-8-15-11(10)4-2/h5-6,10-11,13H,3-4,7-8H2,1-2H3. The van der Waals surface area contributed by atoms with Crippen molar-refractivity contribution in [3.8, 4) is 0 Å². The van der Waals surface area contributed by atoms with Crippen molar-refractivity contribution in [2.45, 2.75) is 44.0 Å². The number of ether oxygens (including phenoxy) is 1. The molecule has 0 amide bonds. The Labute approximate surface area is 110 Å². The summed E-state index contributed by atoms with van der Waals surface area (Å²) in [6, 6.07) is 4.53. The predicted molar refractivity (Wildman–Crippen MR) is 73.5 cm³/mol. The number of halogens is 1. The van der Waals surface area contributed by atoms with E-state index >= 15 is 0 Å². The van der Waals surface area contributed by atoms with Crippen LogP contribution in [0.4, 0.5) is 0 Å². The highest BCUT2D eigenvalue weighted by Gasteiger charge is 2.33. The van der Waals surface area contributed by atoms with Gasteiger partial charge < -0.3 is 4.74 Å². The first-order chi connectivity index (χ1) is 7.76. The third kappa shape index (κ3) is 2.52. The Morgan fingerprint density at radius 2 is 2.31 bits per heavy atom. The van der Waals surface area contributed by atoms with Crippen LogP contribution in [-0.4, -0.2) is 12.7 Å². The molecule has 0 saturated carbocycles. The Kier molecular flexibility index (Phi) is 4.45. The molecule has 0 aromatic carbocycles. The minimum Gasteiger partial charge on any atom is -0.378 e. The van der Waals surface area contributed by atoms with Gasteiger partial charge in [0, 0.05) is 22.3 Å². The lowest BCUT2D eigenvalue weighted by atomic mass is 9.95. The number of hydrogen-bond donors (Lipinski definition) is 0. The molecule has 1 aliphatic heterocycles. The van der Waals surface area contributed by atoms with Gasteiger partial charge in [0.15, 0.2) is 0 Å². The molecular weight excluding hydrogens is 284 g/mol. The molecule has 1 nitrogen and oxygen atoms in total. The van der Waals surface area contributed by atoms with Crippen LogP contribution < -0.4 is 0 Å². The molecule has 0 bridgehead atoms. The van der Waals surface area contributed by atoms with Crippen LogP contribution in [0.25, 0.3) is 0 Å². The van der Waals surface area contributed by atoms with Gasteiger partial charge in [-0.2, -0.15) is 0 Å². The first kappa shape index (κ1) is 12.6. The molecule has 0 radical (unpaired) electrons. The summed E-state index contributed by atoms with van der Waals surface area (Å²) in [4.78, 5) is 3.42. The Morgan fingerprint density at radius 1 is 1.50 bits per heavy atom. The maximum atomic E-state index is 5.77. The summed E-state index contributed by atoms with van der Waals surface area (Å²) >= 11 is 5.80. The summed E-state index contributed by atoms with van der Waals surface area (Å²) in [5.41, 5.74) is 0. The van der Waals surface area contributed by atoms with E-state index in [2.05, 4.69) is 41.9 Å². The molecule has 0 aliphatic carbocycles. The molecule has 0 spiro atoms. The highest BCUT2D eigenvalue weighted by Crippen LogP contribution is 2.42. The molecule has 90 valence electrons. The van der Waals surface area contributed by atoms with E-state index < -0.39 is 0 Å². The van der Waals surface area contributed by atoms with E-state index in [0.29, 0.717) is 16.8 Å². The zero-order chi connectivity index (χ0) is 11.5. The molecule has 3 atom stereocenters. The van der Waals surface area contributed by atoms with E-state index in [9.17, 15) is 0 Å². The average molecular weight is 303 g/mol. The minimum atomic E-state index is 0.441. The van der Waals surface area contributed by atoms with Crippen molar-refractivity contribution < 1.29 is 4.74 Å². The van der Waals surface area contributed by atoms with Gasteiger partial charge >= 0.3 is 0 Å². The smallest absolute Gasteiger partial charge is 0.0615 e. The summed E-state index contributed by atoms with van der Waals surface area (Å²) in [5.74, 6) is 0.647. The van der Waals surface area contributed by atoms with Gasteiger partial charge in [-0.3, -0.25) is 0 Å². The van der Waals surface area contributed by atoms with Gasteiger partial charge in [-0.15, -0.1) is 11.3 Å². The highest BCUT2D eigenvalue weighted by atomic mass is 79.9. The Balaban J connectivity index is 2.08. The fourth-order valence-corrected chi connectivity index (χ4v) is 4.41. The van der Waals surface area contributed by atoms with Crippen molar-refractivity contribution in [2.24, 2.45) is 5.92 Å². The Hall–Kier alpha value is 0.140. The van der Waals surface area contributed by atoms with Crippen LogP contribution in [0.15, 0.2) is 12.1 Å². The number of aryl methyl sites for hydroxylation is 1. The second-order valence-electron chi connectivity index (χ2n) is 4.33. The van der Waals surface area contributed by atoms with E-state index in [1.54, 1.807) is 0 Å². The maximum absolute atomic E-state index is 5.77. The molecule has 3 heteroatoms. The fourth-order valence-electron chi connectivity index (χ4n) is 2.36. The highest BCUT2D eigenvalue weighted by molar-refractivity contribution is 9.09. The first-order valence-corrected chi connectivity index (χ1v) is 7.83. The van der Waals surface area contributed by atoms with E-state index in [1.165, 1.54) is 16.2 Å². The maximum Gasteiger partial charge on any atom is 0.0615 e. The Bertz CT molecular complexity index is 336. The molecule has 1 aromatic heterocycles. The van der Waals surface area contributed by atoms with E-state index in [1.807, 2.05) is 11.3 Å². The second kappa shape index (κ2) is 5.65. The molecule has 1 aliphatic rings. The quantitative estimate of drug-likeness (QED) is 0.741. The third-order valence-electron chi connectivity index (χ3n) is 3.34. The van der Waals surface area contributed by atoms with Crippen molar-refractivity contribution in [3.05, 3.63) is 21.9 Å². The van der Waals surface area contributed by atoms with Crippen molar-refractivity contribution in [1.82, 2.24) is 0 Å². The molecule has 1 saturated heterocycles. The predicted octanol–water partition coefficient (Wildman–Crippen LogP) is 4.56. The molecular formula is C13H19BrOS. The molecule has 0 N–H and O–H groups in total. The largest absolute Gasteiger partial charge is 0.378 e. The summed E-state index contributed by atoms with van der Waals surface area (Å²) < 4.78 is 5.77. The van der Waals surface area contributed by atoms with Crippen molar-refractivity contribution in [1.29, 1.82) is 0 Å². The van der Waals surface area contributed by atoms with Crippen LogP contribution in [0.1, 0.15) is 41.3 Å². The van der Waals surface area contributed by atoms with Gasteiger partial charge in [0.05, 0.1) is 10.9 Å².